The summed E-state index contributed by atoms with van der Waals surface area (Å²) < 4.78 is 25.3. The fraction of sp³-hybridized carbons (Fsp3) is 0.222. The van der Waals surface area contributed by atoms with E-state index < -0.39 is 28.4 Å². The van der Waals surface area contributed by atoms with Crippen LogP contribution in [0.15, 0.2) is 18.2 Å². The van der Waals surface area contributed by atoms with Crippen molar-refractivity contribution in [2.45, 2.75) is 13.0 Å². The topological polar surface area (TPSA) is 60.2 Å². The summed E-state index contributed by atoms with van der Waals surface area (Å²) in [6, 6.07) is 0.793. The van der Waals surface area contributed by atoms with Crippen molar-refractivity contribution in [3.05, 3.63) is 45.5 Å². The van der Waals surface area contributed by atoms with Crippen LogP contribution in [0.1, 0.15) is 18.5 Å². The number of halogens is 2. The highest BCUT2D eigenvalue weighted by atomic mass is 19.2. The summed E-state index contributed by atoms with van der Waals surface area (Å²) in [6.45, 7) is 1.02. The second kappa shape index (κ2) is 4.12. The van der Waals surface area contributed by atoms with Gasteiger partial charge in [0.25, 0.3) is 6.04 Å². The molecule has 0 aliphatic heterocycles. The first kappa shape index (κ1) is 11.2. The van der Waals surface area contributed by atoms with Crippen LogP contribution >= 0.6 is 0 Å². The number of carbonyl (C=O) groups is 1. The van der Waals surface area contributed by atoms with Gasteiger partial charge in [-0.3, -0.25) is 14.9 Å². The van der Waals surface area contributed by atoms with Crippen LogP contribution in [0.25, 0.3) is 0 Å². The molecule has 0 aliphatic carbocycles. The number of hydrogen-bond acceptors (Lipinski definition) is 3. The number of carbonyl (C=O) groups excluding carboxylic acids is 1. The fourth-order valence-electron chi connectivity index (χ4n) is 1.19. The standard InChI is InChI=1S/C9H7F2NO3/c1-5(13)9(12(14)15)6-2-3-7(10)8(11)4-6/h2-4,9H,1H3. The summed E-state index contributed by atoms with van der Waals surface area (Å²) in [5, 5.41) is 10.5. The van der Waals surface area contributed by atoms with Crippen molar-refractivity contribution in [2.24, 2.45) is 0 Å². The normalized spacial score (nSPS) is 12.2. The Morgan fingerprint density at radius 1 is 1.40 bits per heavy atom. The lowest BCUT2D eigenvalue weighted by atomic mass is 10.0. The molecule has 0 bridgehead atoms. The number of ketones is 1. The maximum Gasteiger partial charge on any atom is 0.295 e. The predicted molar refractivity (Wildman–Crippen MR) is 46.8 cm³/mol. The summed E-state index contributed by atoms with van der Waals surface area (Å²) in [5.41, 5.74) is -0.161. The summed E-state index contributed by atoms with van der Waals surface area (Å²) in [4.78, 5) is 20.6. The van der Waals surface area contributed by atoms with Crippen LogP contribution in [0.4, 0.5) is 8.78 Å². The van der Waals surface area contributed by atoms with E-state index in [2.05, 4.69) is 0 Å². The van der Waals surface area contributed by atoms with Crippen LogP contribution in [0, 0.1) is 21.7 Å². The Morgan fingerprint density at radius 2 is 2.00 bits per heavy atom. The second-order valence-corrected chi connectivity index (χ2v) is 2.97. The molecule has 1 aromatic carbocycles. The molecule has 4 nitrogen and oxygen atoms in total. The van der Waals surface area contributed by atoms with Gasteiger partial charge in [-0.05, 0) is 18.2 Å². The molecule has 1 rings (SSSR count). The van der Waals surface area contributed by atoms with Gasteiger partial charge in [-0.2, -0.15) is 0 Å². The van der Waals surface area contributed by atoms with E-state index in [4.69, 9.17) is 0 Å². The van der Waals surface area contributed by atoms with E-state index in [1.807, 2.05) is 0 Å². The molecular formula is C9H7F2NO3. The fourth-order valence-corrected chi connectivity index (χ4v) is 1.19. The average molecular weight is 215 g/mol. The molecule has 0 aliphatic rings. The maximum atomic E-state index is 12.8. The molecule has 0 spiro atoms. The SMILES string of the molecule is CC(=O)C(c1ccc(F)c(F)c1)[N+](=O)[O-]. The van der Waals surface area contributed by atoms with Crippen LogP contribution in [-0.2, 0) is 4.79 Å². The lowest BCUT2D eigenvalue weighted by molar-refractivity contribution is -0.513. The first-order valence-electron chi connectivity index (χ1n) is 4.02. The van der Waals surface area contributed by atoms with E-state index in [1.165, 1.54) is 0 Å². The number of benzene rings is 1. The molecule has 0 radical (unpaired) electrons. The third-order valence-electron chi connectivity index (χ3n) is 1.86. The molecule has 6 heteroatoms. The molecule has 1 atom stereocenters. The maximum absolute atomic E-state index is 12.8. The minimum atomic E-state index is -1.64. The smallest absolute Gasteiger partial charge is 0.292 e. The van der Waals surface area contributed by atoms with Crippen LogP contribution in [0.2, 0.25) is 0 Å². The molecule has 0 saturated carbocycles. The Bertz CT molecular complexity index is 406. The van der Waals surface area contributed by atoms with Crippen molar-refractivity contribution >= 4 is 5.78 Å². The Labute approximate surface area is 83.7 Å². The lowest BCUT2D eigenvalue weighted by Crippen LogP contribution is -2.18. The molecular weight excluding hydrogens is 208 g/mol. The van der Waals surface area contributed by atoms with Gasteiger partial charge in [0.15, 0.2) is 11.6 Å². The highest BCUT2D eigenvalue weighted by Crippen LogP contribution is 2.19. The number of nitro groups is 1. The highest BCUT2D eigenvalue weighted by Gasteiger charge is 2.28. The van der Waals surface area contributed by atoms with Crippen molar-refractivity contribution in [1.82, 2.24) is 0 Å². The van der Waals surface area contributed by atoms with Crippen LogP contribution in [-0.4, -0.2) is 10.7 Å². The Balaban J connectivity index is 3.18. The van der Waals surface area contributed by atoms with Gasteiger partial charge in [0.2, 0.25) is 5.78 Å². The second-order valence-electron chi connectivity index (χ2n) is 2.97. The van der Waals surface area contributed by atoms with Gasteiger partial charge >= 0.3 is 0 Å². The van der Waals surface area contributed by atoms with Crippen molar-refractivity contribution in [3.8, 4) is 0 Å². The third-order valence-corrected chi connectivity index (χ3v) is 1.86. The zero-order valence-electron chi connectivity index (χ0n) is 7.74. The van der Waals surface area contributed by atoms with Gasteiger partial charge in [-0.25, -0.2) is 8.78 Å². The zero-order valence-corrected chi connectivity index (χ0v) is 7.74. The zero-order chi connectivity index (χ0) is 11.6. The van der Waals surface area contributed by atoms with E-state index in [0.717, 1.165) is 19.1 Å². The van der Waals surface area contributed by atoms with Gasteiger partial charge in [0.05, 0.1) is 0 Å². The quantitative estimate of drug-likeness (QED) is 0.571. The van der Waals surface area contributed by atoms with E-state index in [-0.39, 0.29) is 5.56 Å². The van der Waals surface area contributed by atoms with Crippen molar-refractivity contribution < 1.29 is 18.5 Å². The minimum absolute atomic E-state index is 0.161. The lowest BCUT2D eigenvalue weighted by Gasteiger charge is -2.05. The van der Waals surface area contributed by atoms with Crippen LogP contribution in [0.5, 0.6) is 0 Å². The molecule has 0 heterocycles. The molecule has 15 heavy (non-hydrogen) atoms. The highest BCUT2D eigenvalue weighted by molar-refractivity contribution is 5.81. The van der Waals surface area contributed by atoms with Gasteiger partial charge in [0.1, 0.15) is 0 Å². The van der Waals surface area contributed by atoms with Gasteiger partial charge in [-0.1, -0.05) is 0 Å². The molecule has 0 fully saturated rings. The molecule has 0 N–H and O–H groups in total. The molecule has 0 saturated heterocycles. The first-order chi connectivity index (χ1) is 6.93. The van der Waals surface area contributed by atoms with Gasteiger partial charge < -0.3 is 0 Å². The van der Waals surface area contributed by atoms with Crippen LogP contribution < -0.4 is 0 Å². The van der Waals surface area contributed by atoms with E-state index in [1.54, 1.807) is 0 Å². The van der Waals surface area contributed by atoms with Crippen molar-refractivity contribution in [1.29, 1.82) is 0 Å². The molecule has 1 unspecified atom stereocenters. The number of hydrogen-bond donors (Lipinski definition) is 0. The number of rotatable bonds is 3. The summed E-state index contributed by atoms with van der Waals surface area (Å²) in [5.74, 6) is -3.05. The largest absolute Gasteiger partial charge is 0.295 e. The van der Waals surface area contributed by atoms with Crippen LogP contribution in [0.3, 0.4) is 0 Å². The molecule has 0 amide bonds. The Kier molecular flexibility index (Phi) is 3.08. The average Bonchev–Trinajstić information content (AvgIpc) is 2.10. The van der Waals surface area contributed by atoms with Gasteiger partial charge in [0, 0.05) is 17.4 Å². The summed E-state index contributed by atoms with van der Waals surface area (Å²) >= 11 is 0. The number of Topliss-reactive ketones (excluding diaryl/α,β-unsaturated/α-hetero) is 1. The van der Waals surface area contributed by atoms with E-state index in [0.29, 0.717) is 6.07 Å². The number of nitrogens with zero attached hydrogens (tertiary/aromatic N) is 1. The Morgan fingerprint density at radius 3 is 2.40 bits per heavy atom. The summed E-state index contributed by atoms with van der Waals surface area (Å²) in [7, 11) is 0. The predicted octanol–water partition coefficient (Wildman–Crippen LogP) is 1.87. The molecule has 0 aromatic heterocycles. The minimum Gasteiger partial charge on any atom is -0.292 e. The van der Waals surface area contributed by atoms with Crippen molar-refractivity contribution in [3.63, 3.8) is 0 Å². The first-order valence-corrected chi connectivity index (χ1v) is 4.02. The molecule has 1 aromatic rings. The Hall–Kier alpha value is -1.85. The van der Waals surface area contributed by atoms with Crippen molar-refractivity contribution in [2.75, 3.05) is 0 Å². The molecule has 80 valence electrons. The van der Waals surface area contributed by atoms with E-state index in [9.17, 15) is 23.7 Å². The monoisotopic (exact) mass is 215 g/mol. The summed E-state index contributed by atoms with van der Waals surface area (Å²) in [6.07, 6.45) is 0. The van der Waals surface area contributed by atoms with Gasteiger partial charge in [-0.15, -0.1) is 0 Å². The third kappa shape index (κ3) is 2.34. The van der Waals surface area contributed by atoms with E-state index >= 15 is 0 Å².